The summed E-state index contributed by atoms with van der Waals surface area (Å²) in [5.41, 5.74) is 3.44. The van der Waals surface area contributed by atoms with Crippen molar-refractivity contribution in [2.24, 2.45) is 23.7 Å². The van der Waals surface area contributed by atoms with Crippen molar-refractivity contribution in [3.63, 3.8) is 0 Å². The Hall–Kier alpha value is -4.71. The molecule has 2 aliphatic rings. The fourth-order valence-electron chi connectivity index (χ4n) is 9.28. The van der Waals surface area contributed by atoms with E-state index in [4.69, 9.17) is 14.2 Å². The molecule has 65 heavy (non-hydrogen) atoms. The number of cyclic esters (lactones) is 1. The van der Waals surface area contributed by atoms with E-state index in [0.29, 0.717) is 38.9 Å². The molecule has 12 atom stereocenters. The van der Waals surface area contributed by atoms with E-state index >= 15 is 0 Å². The lowest BCUT2D eigenvalue weighted by Crippen LogP contribution is -2.63. The first-order valence-electron chi connectivity index (χ1n) is 22.9. The lowest BCUT2D eigenvalue weighted by Gasteiger charge is -2.46. The number of allylic oxidation sites excluding steroid dienone is 3. The lowest BCUT2D eigenvalue weighted by atomic mass is 9.79. The normalized spacial score (nSPS) is 31.2. The first kappa shape index (κ1) is 49.7. The van der Waals surface area contributed by atoms with Crippen molar-refractivity contribution >= 4 is 22.5 Å². The molecule has 4 aromatic rings. The molecule has 352 valence electrons. The van der Waals surface area contributed by atoms with Crippen LogP contribution < -0.4 is 0 Å². The van der Waals surface area contributed by atoms with Gasteiger partial charge in [0.1, 0.15) is 12.2 Å². The molecule has 2 aromatic carbocycles. The number of esters is 1. The van der Waals surface area contributed by atoms with Gasteiger partial charge in [-0.3, -0.25) is 19.5 Å². The molecule has 15 heteroatoms. The zero-order valence-corrected chi connectivity index (χ0v) is 38.8. The number of likely N-dealkylation sites (N-methyl/N-ethyl adjacent to an activating group) is 1. The molecular weight excluding hydrogens is 829 g/mol. The molecule has 0 aliphatic carbocycles. The van der Waals surface area contributed by atoms with E-state index in [9.17, 15) is 30.0 Å². The van der Waals surface area contributed by atoms with Crippen LogP contribution in [0.25, 0.3) is 16.5 Å². The number of aliphatic hydroxyl groups is 4. The summed E-state index contributed by atoms with van der Waals surface area (Å²) in [6, 6.07) is 17.3. The molecule has 0 amide bonds. The Bertz CT molecular complexity index is 2210. The number of ether oxygens (including phenoxy) is 3. The number of benzene rings is 2. The number of rotatable bonds is 13. The minimum Gasteiger partial charge on any atom is -0.462 e. The van der Waals surface area contributed by atoms with Crippen molar-refractivity contribution in [2.45, 2.75) is 122 Å². The van der Waals surface area contributed by atoms with Gasteiger partial charge in [0.15, 0.2) is 12.1 Å². The fraction of sp³-hybridized carbons (Fsp3) is 0.540. The van der Waals surface area contributed by atoms with Gasteiger partial charge in [-0.25, -0.2) is 4.68 Å². The Labute approximate surface area is 382 Å². The van der Waals surface area contributed by atoms with Gasteiger partial charge in [-0.2, -0.15) is 0 Å². The third-order valence-electron chi connectivity index (χ3n) is 13.1. The zero-order chi connectivity index (χ0) is 46.8. The van der Waals surface area contributed by atoms with Gasteiger partial charge in [0.2, 0.25) is 0 Å². The third kappa shape index (κ3) is 12.8. The van der Waals surface area contributed by atoms with Crippen LogP contribution in [0.4, 0.5) is 0 Å². The molecule has 3 unspecified atom stereocenters. The van der Waals surface area contributed by atoms with Gasteiger partial charge in [-0.1, -0.05) is 86.2 Å². The monoisotopic (exact) mass is 897 g/mol. The van der Waals surface area contributed by atoms with Crippen LogP contribution in [0.3, 0.4) is 0 Å². The van der Waals surface area contributed by atoms with Gasteiger partial charge in [0, 0.05) is 54.0 Å². The number of nitrogens with zero attached hydrogens (tertiary/aromatic N) is 6. The molecule has 6 rings (SSSR count). The predicted octanol–water partition coefficient (Wildman–Crippen LogP) is 5.03. The second-order valence-electron chi connectivity index (χ2n) is 18.2. The number of hydrogen-bond donors (Lipinski definition) is 4. The van der Waals surface area contributed by atoms with Crippen LogP contribution in [-0.4, -0.2) is 138 Å². The maximum absolute atomic E-state index is 14.0. The van der Waals surface area contributed by atoms with E-state index in [-0.39, 0.29) is 18.8 Å². The van der Waals surface area contributed by atoms with Crippen molar-refractivity contribution in [1.82, 2.24) is 29.8 Å². The number of carbonyl (C=O) groups excluding carboxylic acids is 2. The summed E-state index contributed by atoms with van der Waals surface area (Å²) in [5, 5.41) is 56.2. The maximum Gasteiger partial charge on any atom is 0.308 e. The molecule has 2 aliphatic heterocycles. The largest absolute Gasteiger partial charge is 0.462 e. The summed E-state index contributed by atoms with van der Waals surface area (Å²) < 4.78 is 20.7. The van der Waals surface area contributed by atoms with Crippen molar-refractivity contribution in [3.8, 4) is 5.69 Å². The molecule has 4 heterocycles. The quantitative estimate of drug-likeness (QED) is 0.131. The Balaban J connectivity index is 1.37. The molecule has 15 nitrogen and oxygen atoms in total. The average Bonchev–Trinajstić information content (AvgIpc) is 3.76. The second-order valence-corrected chi connectivity index (χ2v) is 18.2. The van der Waals surface area contributed by atoms with Crippen molar-refractivity contribution in [1.29, 1.82) is 0 Å². The molecule has 2 aromatic heterocycles. The smallest absolute Gasteiger partial charge is 0.308 e. The molecule has 1 fully saturated rings. The molecule has 0 radical (unpaired) electrons. The third-order valence-corrected chi connectivity index (χ3v) is 13.1. The van der Waals surface area contributed by atoms with Crippen LogP contribution >= 0.6 is 0 Å². The van der Waals surface area contributed by atoms with Gasteiger partial charge >= 0.3 is 5.97 Å². The van der Waals surface area contributed by atoms with E-state index in [1.165, 1.54) is 0 Å². The molecule has 4 N–H and O–H groups in total. The first-order chi connectivity index (χ1) is 31.2. The predicted molar refractivity (Wildman–Crippen MR) is 246 cm³/mol. The van der Waals surface area contributed by atoms with E-state index in [0.717, 1.165) is 33.3 Å². The van der Waals surface area contributed by atoms with E-state index < -0.39 is 78.6 Å². The van der Waals surface area contributed by atoms with E-state index in [2.05, 4.69) is 32.3 Å². The summed E-state index contributed by atoms with van der Waals surface area (Å²) in [5.74, 6) is -2.91. The maximum atomic E-state index is 14.0. The van der Waals surface area contributed by atoms with Gasteiger partial charge in [-0.05, 0) is 83.4 Å². The highest BCUT2D eigenvalue weighted by Gasteiger charge is 2.47. The SMILES string of the molecule is CC[C@H]1OC(=O)C[C@@H](O)[C@H](C)[C@@H](O[C@@H]2O[C@H](C)C(O)C(N(C)C)C2O)[C@@H](CCN(Cc2ccccc2)Cc2cn(-c3cccc4cnccc34)nn2)C[C@@H](C)C(=O)/C=C/C(C)=C/[C@@H]1CO. The van der Waals surface area contributed by atoms with Crippen molar-refractivity contribution in [2.75, 3.05) is 27.2 Å². The van der Waals surface area contributed by atoms with Gasteiger partial charge in [-0.15, -0.1) is 5.10 Å². The number of carbonyl (C=O) groups is 2. The standard InChI is InChI=1S/C50H68N6O9/c1-8-44-38(30-57)23-31(2)17-18-42(58)32(3)24-36(49(33(4)43(59)25-45(60)64-44)65-50-48(62)46(54(6)7)47(61)34(5)63-50)20-22-55(27-35-13-10-9-11-14-35)28-39-29-56(53-52-39)41-16-12-15-37-26-51-21-19-40(37)41/h9-19,21,23,26,29,32-34,36,38,43-44,46-50,57,59,61-62H,8,20,22,24-25,27-28,30H2,1-7H3/b18-17+,31-23+/t32-,33+,34-,36+,38-,43-,44-,46?,47?,48?,49-,50+/m1/s1. The number of pyridine rings is 1. The number of aromatic nitrogens is 4. The number of hydrogen-bond acceptors (Lipinski definition) is 14. The highest BCUT2D eigenvalue weighted by atomic mass is 16.7. The molecule has 0 bridgehead atoms. The van der Waals surface area contributed by atoms with E-state index in [1.807, 2.05) is 75.6 Å². The zero-order valence-electron chi connectivity index (χ0n) is 38.8. The van der Waals surface area contributed by atoms with Gasteiger partial charge in [0.25, 0.3) is 0 Å². The summed E-state index contributed by atoms with van der Waals surface area (Å²) in [6.45, 7) is 10.3. The summed E-state index contributed by atoms with van der Waals surface area (Å²) in [4.78, 5) is 35.8. The van der Waals surface area contributed by atoms with Crippen LogP contribution in [0.2, 0.25) is 0 Å². The van der Waals surface area contributed by atoms with Crippen LogP contribution in [0.5, 0.6) is 0 Å². The average molecular weight is 897 g/mol. The van der Waals surface area contributed by atoms with Gasteiger partial charge in [0.05, 0.1) is 61.1 Å². The summed E-state index contributed by atoms with van der Waals surface area (Å²) in [7, 11) is 3.53. The summed E-state index contributed by atoms with van der Waals surface area (Å²) >= 11 is 0. The highest BCUT2D eigenvalue weighted by molar-refractivity contribution is 5.92. The van der Waals surface area contributed by atoms with Crippen LogP contribution in [0.1, 0.15) is 71.6 Å². The highest BCUT2D eigenvalue weighted by Crippen LogP contribution is 2.35. The van der Waals surface area contributed by atoms with Crippen LogP contribution in [-0.2, 0) is 36.9 Å². The van der Waals surface area contributed by atoms with Gasteiger partial charge < -0.3 is 39.5 Å². The molecular formula is C50H68N6O9. The lowest BCUT2D eigenvalue weighted by molar-refractivity contribution is -0.304. The van der Waals surface area contributed by atoms with Crippen molar-refractivity contribution in [3.05, 3.63) is 108 Å². The molecule has 0 spiro atoms. The topological polar surface area (TPSA) is 193 Å². The Kier molecular flexibility index (Phi) is 17.7. The van der Waals surface area contributed by atoms with Crippen LogP contribution in [0, 0.1) is 23.7 Å². The number of fused-ring (bicyclic) bond motifs is 1. The first-order valence-corrected chi connectivity index (χ1v) is 22.9. The number of aliphatic hydroxyl groups excluding tert-OH is 4. The second kappa shape index (κ2) is 23.1. The van der Waals surface area contributed by atoms with E-state index in [1.54, 1.807) is 61.9 Å². The minimum absolute atomic E-state index is 0.110. The summed E-state index contributed by atoms with van der Waals surface area (Å²) in [6.07, 6.45) is 4.46. The Morgan fingerprint density at radius 3 is 2.45 bits per heavy atom. The van der Waals surface area contributed by atoms with Crippen LogP contribution in [0.15, 0.2) is 97.0 Å². The molecule has 0 saturated carbocycles. The molecule has 1 saturated heterocycles. The minimum atomic E-state index is -1.28. The Morgan fingerprint density at radius 2 is 1.72 bits per heavy atom. The Morgan fingerprint density at radius 1 is 0.954 bits per heavy atom. The fourth-order valence-corrected chi connectivity index (χ4v) is 9.28. The number of ketones is 1. The van der Waals surface area contributed by atoms with Crippen molar-refractivity contribution < 1.29 is 44.2 Å².